The third-order valence-corrected chi connectivity index (χ3v) is 4.30. The van der Waals surface area contributed by atoms with E-state index < -0.39 is 0 Å². The minimum atomic E-state index is -0.218. The van der Waals surface area contributed by atoms with Gasteiger partial charge in [0.1, 0.15) is 0 Å². The van der Waals surface area contributed by atoms with E-state index in [0.717, 1.165) is 28.4 Å². The highest BCUT2D eigenvalue weighted by Crippen LogP contribution is 2.35. The largest absolute Gasteiger partial charge is 0.340 e. The molecule has 2 amide bonds. The summed E-state index contributed by atoms with van der Waals surface area (Å²) in [5.74, 6) is -0.428. The molecule has 0 bridgehead atoms. The number of nitrogens with zero attached hydrogens (tertiary/aromatic N) is 2. The van der Waals surface area contributed by atoms with Crippen molar-refractivity contribution in [1.82, 2.24) is 9.47 Å². The number of carbonyl (C=O) groups excluding carboxylic acids is 2. The van der Waals surface area contributed by atoms with Crippen LogP contribution < -0.4 is 0 Å². The zero-order valence-corrected chi connectivity index (χ0v) is 11.9. The Morgan fingerprint density at radius 2 is 1.71 bits per heavy atom. The van der Waals surface area contributed by atoms with Crippen LogP contribution in [0.4, 0.5) is 0 Å². The van der Waals surface area contributed by atoms with E-state index in [0.29, 0.717) is 11.1 Å². The highest BCUT2D eigenvalue weighted by atomic mass is 16.2. The monoisotopic (exact) mass is 278 g/mol. The maximum Gasteiger partial charge on any atom is 0.263 e. The Hall–Kier alpha value is -2.62. The number of hydrogen-bond donors (Lipinski definition) is 0. The molecule has 0 spiro atoms. The van der Waals surface area contributed by atoms with Gasteiger partial charge in [0.05, 0.1) is 16.6 Å². The first-order chi connectivity index (χ1) is 10.1. The molecular formula is C17H14N2O2. The third-order valence-electron chi connectivity index (χ3n) is 4.30. The summed E-state index contributed by atoms with van der Waals surface area (Å²) >= 11 is 0. The van der Waals surface area contributed by atoms with Crippen LogP contribution in [0.1, 0.15) is 27.6 Å². The second kappa shape index (κ2) is 3.95. The molecule has 1 aliphatic rings. The van der Waals surface area contributed by atoms with Crippen molar-refractivity contribution in [3.63, 3.8) is 0 Å². The van der Waals surface area contributed by atoms with Crippen LogP contribution in [0.15, 0.2) is 36.4 Å². The summed E-state index contributed by atoms with van der Waals surface area (Å²) in [6, 6.07) is 11.8. The van der Waals surface area contributed by atoms with Crippen LogP contribution in [-0.4, -0.2) is 28.3 Å². The number of rotatable bonds is 1. The number of aromatic nitrogens is 1. The molecule has 3 aromatic rings. The Balaban J connectivity index is 2.27. The van der Waals surface area contributed by atoms with Crippen molar-refractivity contribution in [3.8, 4) is 0 Å². The van der Waals surface area contributed by atoms with Crippen molar-refractivity contribution < 1.29 is 9.59 Å². The zero-order chi connectivity index (χ0) is 14.7. The van der Waals surface area contributed by atoms with Crippen LogP contribution in [0.2, 0.25) is 0 Å². The first kappa shape index (κ1) is 12.1. The molecule has 0 atom stereocenters. The van der Waals surface area contributed by atoms with Gasteiger partial charge in [-0.25, -0.2) is 0 Å². The first-order valence-corrected chi connectivity index (χ1v) is 7.01. The summed E-state index contributed by atoms with van der Waals surface area (Å²) in [4.78, 5) is 25.8. The summed E-state index contributed by atoms with van der Waals surface area (Å²) in [6.07, 6.45) is 0. The number of imide groups is 1. The Morgan fingerprint density at radius 3 is 2.48 bits per heavy atom. The van der Waals surface area contributed by atoms with Gasteiger partial charge in [0.25, 0.3) is 11.8 Å². The smallest absolute Gasteiger partial charge is 0.263 e. The average Bonchev–Trinajstić information content (AvgIpc) is 2.95. The van der Waals surface area contributed by atoms with Gasteiger partial charge < -0.3 is 4.57 Å². The van der Waals surface area contributed by atoms with E-state index in [2.05, 4.69) is 23.6 Å². The minimum Gasteiger partial charge on any atom is -0.340 e. The van der Waals surface area contributed by atoms with Gasteiger partial charge in [-0.1, -0.05) is 24.3 Å². The molecular weight excluding hydrogens is 264 g/mol. The highest BCUT2D eigenvalue weighted by Gasteiger charge is 2.35. The molecule has 0 unspecified atom stereocenters. The maximum atomic E-state index is 12.5. The summed E-state index contributed by atoms with van der Waals surface area (Å²) in [5.41, 5.74) is 3.02. The molecule has 0 N–H and O–H groups in total. The van der Waals surface area contributed by atoms with Gasteiger partial charge in [-0.2, -0.15) is 0 Å². The van der Waals surface area contributed by atoms with Gasteiger partial charge >= 0.3 is 0 Å². The molecule has 21 heavy (non-hydrogen) atoms. The quantitative estimate of drug-likeness (QED) is 0.642. The molecule has 4 nitrogen and oxygen atoms in total. The van der Waals surface area contributed by atoms with Crippen molar-refractivity contribution in [3.05, 3.63) is 47.5 Å². The first-order valence-electron chi connectivity index (χ1n) is 7.01. The standard InChI is InChI=1S/C17H14N2O2/c1-3-19-13-7-5-4-6-10(13)11-8-9-12-14(15(11)19)17(21)18(2)16(12)20/h4-9H,3H2,1-2H3. The van der Waals surface area contributed by atoms with E-state index in [1.165, 1.54) is 11.9 Å². The van der Waals surface area contributed by atoms with Crippen LogP contribution in [0.25, 0.3) is 21.8 Å². The summed E-state index contributed by atoms with van der Waals surface area (Å²) in [5, 5.41) is 2.15. The van der Waals surface area contributed by atoms with E-state index in [1.807, 2.05) is 18.2 Å². The Morgan fingerprint density at radius 1 is 0.952 bits per heavy atom. The van der Waals surface area contributed by atoms with Gasteiger partial charge in [0, 0.05) is 29.9 Å². The second-order valence-corrected chi connectivity index (χ2v) is 5.32. The predicted octanol–water partition coefficient (Wildman–Crippen LogP) is 3.04. The summed E-state index contributed by atoms with van der Waals surface area (Å²) < 4.78 is 2.12. The van der Waals surface area contributed by atoms with Crippen LogP contribution in [-0.2, 0) is 6.54 Å². The summed E-state index contributed by atoms with van der Waals surface area (Å²) in [7, 11) is 1.54. The van der Waals surface area contributed by atoms with E-state index in [9.17, 15) is 9.59 Å². The third kappa shape index (κ3) is 1.34. The van der Waals surface area contributed by atoms with Crippen molar-refractivity contribution in [2.75, 3.05) is 7.05 Å². The molecule has 0 radical (unpaired) electrons. The normalized spacial score (nSPS) is 14.5. The van der Waals surface area contributed by atoms with E-state index in [1.54, 1.807) is 6.07 Å². The predicted molar refractivity (Wildman–Crippen MR) is 81.5 cm³/mol. The topological polar surface area (TPSA) is 42.3 Å². The number of para-hydroxylation sites is 1. The molecule has 0 aliphatic carbocycles. The number of aryl methyl sites for hydroxylation is 1. The van der Waals surface area contributed by atoms with Gasteiger partial charge in [0.15, 0.2) is 0 Å². The van der Waals surface area contributed by atoms with Gasteiger partial charge in [-0.05, 0) is 19.1 Å². The fourth-order valence-electron chi connectivity index (χ4n) is 3.31. The highest BCUT2D eigenvalue weighted by molar-refractivity contribution is 6.28. The molecule has 4 rings (SSSR count). The lowest BCUT2D eigenvalue weighted by Gasteiger charge is -2.06. The minimum absolute atomic E-state index is 0.210. The maximum absolute atomic E-state index is 12.5. The summed E-state index contributed by atoms with van der Waals surface area (Å²) in [6.45, 7) is 2.81. The Bertz CT molecular complexity index is 937. The molecule has 0 fully saturated rings. The van der Waals surface area contributed by atoms with E-state index in [-0.39, 0.29) is 11.8 Å². The molecule has 1 aromatic heterocycles. The van der Waals surface area contributed by atoms with Crippen molar-refractivity contribution in [2.45, 2.75) is 13.5 Å². The van der Waals surface area contributed by atoms with Gasteiger partial charge in [-0.15, -0.1) is 0 Å². The number of carbonyl (C=O) groups is 2. The number of fused-ring (bicyclic) bond motifs is 5. The van der Waals surface area contributed by atoms with Gasteiger partial charge in [0.2, 0.25) is 0 Å². The van der Waals surface area contributed by atoms with Crippen LogP contribution >= 0.6 is 0 Å². The molecule has 0 saturated carbocycles. The van der Waals surface area contributed by atoms with Crippen LogP contribution in [0, 0.1) is 0 Å². The molecule has 4 heteroatoms. The molecule has 0 saturated heterocycles. The zero-order valence-electron chi connectivity index (χ0n) is 11.9. The molecule has 104 valence electrons. The average molecular weight is 278 g/mol. The number of amides is 2. The Labute approximate surface area is 121 Å². The Kier molecular flexibility index (Phi) is 2.28. The lowest BCUT2D eigenvalue weighted by molar-refractivity contribution is 0.0693. The SMILES string of the molecule is CCn1c2ccccc2c2ccc3c(c21)C(=O)N(C)C3=O. The van der Waals surface area contributed by atoms with Crippen LogP contribution in [0.3, 0.4) is 0 Å². The van der Waals surface area contributed by atoms with Crippen molar-refractivity contribution in [2.24, 2.45) is 0 Å². The molecule has 1 aliphatic heterocycles. The second-order valence-electron chi connectivity index (χ2n) is 5.32. The molecule has 2 heterocycles. The van der Waals surface area contributed by atoms with E-state index >= 15 is 0 Å². The fraction of sp³-hybridized carbons (Fsp3) is 0.176. The van der Waals surface area contributed by atoms with E-state index in [4.69, 9.17) is 0 Å². The lowest BCUT2D eigenvalue weighted by Crippen LogP contribution is -2.24. The number of hydrogen-bond acceptors (Lipinski definition) is 2. The van der Waals surface area contributed by atoms with Crippen LogP contribution in [0.5, 0.6) is 0 Å². The van der Waals surface area contributed by atoms with Crippen molar-refractivity contribution in [1.29, 1.82) is 0 Å². The molecule has 2 aromatic carbocycles. The van der Waals surface area contributed by atoms with Crippen molar-refractivity contribution >= 4 is 33.6 Å². The fourth-order valence-corrected chi connectivity index (χ4v) is 3.31. The number of benzene rings is 2. The lowest BCUT2D eigenvalue weighted by atomic mass is 10.0. The van der Waals surface area contributed by atoms with Gasteiger partial charge in [-0.3, -0.25) is 14.5 Å².